The predicted molar refractivity (Wildman–Crippen MR) is 140 cm³/mol. The van der Waals surface area contributed by atoms with Crippen LogP contribution in [0.1, 0.15) is 24.0 Å². The first-order chi connectivity index (χ1) is 17.7. The zero-order valence-electron chi connectivity index (χ0n) is 20.1. The Labute approximate surface area is 218 Å². The molecule has 1 unspecified atom stereocenters. The zero-order chi connectivity index (χ0) is 26.2. The van der Waals surface area contributed by atoms with Crippen LogP contribution in [-0.4, -0.2) is 36.7 Å². The molecule has 37 heavy (non-hydrogen) atoms. The number of halogens is 2. The number of sulfonamides is 1. The number of aryl methyl sites for hydroxylation is 1. The maximum Gasteiger partial charge on any atom is 0.243 e. The van der Waals surface area contributed by atoms with Crippen molar-refractivity contribution in [2.75, 3.05) is 18.0 Å². The number of aromatic nitrogens is 1. The van der Waals surface area contributed by atoms with Crippen LogP contribution in [0.3, 0.4) is 0 Å². The van der Waals surface area contributed by atoms with Gasteiger partial charge in [0.25, 0.3) is 0 Å². The minimum absolute atomic E-state index is 0.000480. The third-order valence-electron chi connectivity index (χ3n) is 6.47. The first-order valence-electron chi connectivity index (χ1n) is 11.9. The molecule has 2 heterocycles. The van der Waals surface area contributed by atoms with Crippen LogP contribution < -0.4 is 4.90 Å². The predicted octanol–water partition coefficient (Wildman–Crippen LogP) is 5.52. The van der Waals surface area contributed by atoms with Gasteiger partial charge in [0.15, 0.2) is 10.9 Å². The lowest BCUT2D eigenvalue weighted by Crippen LogP contribution is -2.46. The van der Waals surface area contributed by atoms with Crippen molar-refractivity contribution >= 4 is 42.6 Å². The quantitative estimate of drug-likeness (QED) is 0.323. The highest BCUT2D eigenvalue weighted by molar-refractivity contribution is 7.89. The molecule has 1 aromatic heterocycles. The Balaban J connectivity index is 1.46. The van der Waals surface area contributed by atoms with Crippen LogP contribution in [0.25, 0.3) is 10.2 Å². The number of carbonyl (C=O) groups is 1. The molecule has 5 rings (SSSR count). The molecule has 3 aromatic carbocycles. The maximum atomic E-state index is 14.4. The van der Waals surface area contributed by atoms with E-state index in [1.165, 1.54) is 15.3 Å². The molecule has 4 aromatic rings. The van der Waals surface area contributed by atoms with Crippen molar-refractivity contribution < 1.29 is 22.0 Å². The first-order valence-corrected chi connectivity index (χ1v) is 14.2. The molecule has 1 fully saturated rings. The smallest absolute Gasteiger partial charge is 0.243 e. The number of amides is 1. The van der Waals surface area contributed by atoms with E-state index >= 15 is 0 Å². The second kappa shape index (κ2) is 10.3. The van der Waals surface area contributed by atoms with Gasteiger partial charge < -0.3 is 0 Å². The summed E-state index contributed by atoms with van der Waals surface area (Å²) in [4.78, 5) is 19.9. The minimum Gasteiger partial charge on any atom is -0.283 e. The third-order valence-corrected chi connectivity index (χ3v) is 9.38. The molecule has 1 aliphatic rings. The molecule has 10 heteroatoms. The molecule has 0 spiro atoms. The highest BCUT2D eigenvalue weighted by atomic mass is 32.2. The van der Waals surface area contributed by atoms with E-state index < -0.39 is 27.6 Å². The summed E-state index contributed by atoms with van der Waals surface area (Å²) in [6, 6.07) is 17.9. The van der Waals surface area contributed by atoms with E-state index in [-0.39, 0.29) is 34.5 Å². The number of benzene rings is 3. The molecule has 6 nitrogen and oxygen atoms in total. The second-order valence-electron chi connectivity index (χ2n) is 9.16. The largest absolute Gasteiger partial charge is 0.283 e. The highest BCUT2D eigenvalue weighted by Gasteiger charge is 2.36. The van der Waals surface area contributed by atoms with Crippen LogP contribution in [0.15, 0.2) is 71.6 Å². The fraction of sp³-hybridized carbons (Fsp3) is 0.259. The van der Waals surface area contributed by atoms with E-state index in [0.717, 1.165) is 28.5 Å². The summed E-state index contributed by atoms with van der Waals surface area (Å²) in [5.74, 6) is -2.41. The number of nitrogens with zero attached hydrogens (tertiary/aromatic N) is 3. The summed E-state index contributed by atoms with van der Waals surface area (Å²) in [6.45, 7) is 2.42. The van der Waals surface area contributed by atoms with Gasteiger partial charge in [0.05, 0.1) is 22.1 Å². The van der Waals surface area contributed by atoms with Gasteiger partial charge in [0, 0.05) is 19.2 Å². The van der Waals surface area contributed by atoms with E-state index in [1.807, 2.05) is 37.3 Å². The van der Waals surface area contributed by atoms with Gasteiger partial charge in [-0.25, -0.2) is 22.2 Å². The Morgan fingerprint density at radius 2 is 1.84 bits per heavy atom. The Hall–Kier alpha value is -3.21. The standard InChI is InChI=1S/C27H25F2N3O3S2/c1-18-9-11-22(12-10-18)37(34,35)31-13-5-8-20(17-31)26(33)32(16-19-6-3-2-4-7-19)27-30-25-23(29)14-21(28)15-24(25)36-27/h2-4,6-7,9-12,14-15,20H,5,8,13,16-17H2,1H3. The number of hydrogen-bond donors (Lipinski definition) is 0. The molecule has 1 aliphatic heterocycles. The van der Waals surface area contributed by atoms with Crippen molar-refractivity contribution in [1.29, 1.82) is 0 Å². The molecule has 1 atom stereocenters. The SMILES string of the molecule is Cc1ccc(S(=O)(=O)N2CCCC(C(=O)N(Cc3ccccc3)c3nc4c(F)cc(F)cc4s3)C2)cc1. The second-order valence-corrected chi connectivity index (χ2v) is 12.1. The average molecular weight is 542 g/mol. The van der Waals surface area contributed by atoms with Crippen LogP contribution in [0, 0.1) is 24.5 Å². The minimum atomic E-state index is -3.77. The first kappa shape index (κ1) is 25.4. The Morgan fingerprint density at radius 3 is 2.57 bits per heavy atom. The van der Waals surface area contributed by atoms with Crippen LogP contribution in [0.2, 0.25) is 0 Å². The number of piperidine rings is 1. The normalized spacial score (nSPS) is 16.7. The lowest BCUT2D eigenvalue weighted by Gasteiger charge is -2.33. The van der Waals surface area contributed by atoms with Crippen LogP contribution in [-0.2, 0) is 21.4 Å². The molecule has 0 radical (unpaired) electrons. The van der Waals surface area contributed by atoms with Crippen molar-refractivity contribution in [1.82, 2.24) is 9.29 Å². The lowest BCUT2D eigenvalue weighted by atomic mass is 9.98. The molecular weight excluding hydrogens is 516 g/mol. The molecule has 1 amide bonds. The van der Waals surface area contributed by atoms with Gasteiger partial charge in [-0.1, -0.05) is 59.4 Å². The Kier molecular flexibility index (Phi) is 7.06. The molecule has 192 valence electrons. The third kappa shape index (κ3) is 5.27. The molecule has 0 saturated carbocycles. The van der Waals surface area contributed by atoms with E-state index in [9.17, 15) is 22.0 Å². The van der Waals surface area contributed by atoms with Crippen LogP contribution in [0.4, 0.5) is 13.9 Å². The Bertz CT molecular complexity index is 1540. The van der Waals surface area contributed by atoms with Gasteiger partial charge in [-0.15, -0.1) is 0 Å². The fourth-order valence-corrected chi connectivity index (χ4v) is 7.04. The number of hydrogen-bond acceptors (Lipinski definition) is 5. The molecule has 0 N–H and O–H groups in total. The monoisotopic (exact) mass is 541 g/mol. The van der Waals surface area contributed by atoms with Gasteiger partial charge in [0.1, 0.15) is 11.3 Å². The van der Waals surface area contributed by atoms with E-state index in [0.29, 0.717) is 24.1 Å². The average Bonchev–Trinajstić information content (AvgIpc) is 3.32. The summed E-state index contributed by atoms with van der Waals surface area (Å²) in [6.07, 6.45) is 1.04. The summed E-state index contributed by atoms with van der Waals surface area (Å²) < 4.78 is 56.5. The number of rotatable bonds is 6. The van der Waals surface area contributed by atoms with E-state index in [4.69, 9.17) is 0 Å². The van der Waals surface area contributed by atoms with Gasteiger partial charge in [0.2, 0.25) is 15.9 Å². The summed E-state index contributed by atoms with van der Waals surface area (Å²) in [5.41, 5.74) is 1.79. The number of carbonyl (C=O) groups excluding carboxylic acids is 1. The van der Waals surface area contributed by atoms with Crippen molar-refractivity contribution in [3.05, 3.63) is 89.5 Å². The van der Waals surface area contributed by atoms with Crippen molar-refractivity contribution in [2.45, 2.75) is 31.2 Å². The number of fused-ring (bicyclic) bond motifs is 1. The van der Waals surface area contributed by atoms with Crippen molar-refractivity contribution in [3.8, 4) is 0 Å². The fourth-order valence-electron chi connectivity index (χ4n) is 4.51. The van der Waals surface area contributed by atoms with Crippen LogP contribution in [0.5, 0.6) is 0 Å². The van der Waals surface area contributed by atoms with Gasteiger partial charge >= 0.3 is 0 Å². The number of thiazole rings is 1. The lowest BCUT2D eigenvalue weighted by molar-refractivity contribution is -0.123. The molecule has 0 bridgehead atoms. The van der Waals surface area contributed by atoms with Gasteiger partial charge in [-0.05, 0) is 43.5 Å². The maximum absolute atomic E-state index is 14.4. The van der Waals surface area contributed by atoms with Crippen molar-refractivity contribution in [2.24, 2.45) is 5.92 Å². The van der Waals surface area contributed by atoms with E-state index in [1.54, 1.807) is 24.3 Å². The zero-order valence-corrected chi connectivity index (χ0v) is 21.7. The molecule has 1 saturated heterocycles. The van der Waals surface area contributed by atoms with Gasteiger partial charge in [-0.2, -0.15) is 4.31 Å². The highest BCUT2D eigenvalue weighted by Crippen LogP contribution is 2.34. The van der Waals surface area contributed by atoms with E-state index in [2.05, 4.69) is 4.98 Å². The molecular formula is C27H25F2N3O3S2. The summed E-state index contributed by atoms with van der Waals surface area (Å²) in [5, 5.41) is 0.242. The van der Waals surface area contributed by atoms with Crippen LogP contribution >= 0.6 is 11.3 Å². The molecule has 0 aliphatic carbocycles. The topological polar surface area (TPSA) is 70.6 Å². The van der Waals surface area contributed by atoms with Crippen molar-refractivity contribution in [3.63, 3.8) is 0 Å². The van der Waals surface area contributed by atoms with Gasteiger partial charge in [-0.3, -0.25) is 9.69 Å². The number of anilines is 1. The Morgan fingerprint density at radius 1 is 1.11 bits per heavy atom. The summed E-state index contributed by atoms with van der Waals surface area (Å²) >= 11 is 1.03. The summed E-state index contributed by atoms with van der Waals surface area (Å²) in [7, 11) is -3.77.